The zero-order valence-electron chi connectivity index (χ0n) is 17.7. The van der Waals surface area contributed by atoms with Gasteiger partial charge in [-0.05, 0) is 50.5 Å². The van der Waals surface area contributed by atoms with E-state index < -0.39 is 11.7 Å². The van der Waals surface area contributed by atoms with Crippen molar-refractivity contribution in [1.29, 1.82) is 0 Å². The molecule has 2 rings (SSSR count). The third kappa shape index (κ3) is 6.93. The smallest absolute Gasteiger partial charge is 0.357 e. The fraction of sp³-hybridized carbons (Fsp3) is 0.455. The Balaban J connectivity index is 1.90. The van der Waals surface area contributed by atoms with Gasteiger partial charge in [-0.25, -0.2) is 0 Å². The minimum Gasteiger partial charge on any atom is -0.357 e. The first-order chi connectivity index (χ1) is 14.2. The number of hydrogen-bond acceptors (Lipinski definition) is 2. The van der Waals surface area contributed by atoms with Crippen LogP contribution < -0.4 is 10.9 Å². The molecular weight excluding hydrogens is 393 g/mol. The van der Waals surface area contributed by atoms with E-state index in [0.717, 1.165) is 36.2 Å². The second kappa shape index (κ2) is 10.8. The largest absolute Gasteiger partial charge is 0.416 e. The topological polar surface area (TPSA) is 49.6 Å². The number of pyridine rings is 1. The lowest BCUT2D eigenvalue weighted by atomic mass is 10.1. The van der Waals surface area contributed by atoms with Crippen molar-refractivity contribution in [2.75, 3.05) is 20.1 Å². The van der Waals surface area contributed by atoms with Crippen molar-refractivity contribution in [3.63, 3.8) is 0 Å². The van der Waals surface area contributed by atoms with Crippen LogP contribution in [-0.4, -0.2) is 35.6 Å². The first-order valence-corrected chi connectivity index (χ1v) is 10.0. The molecule has 0 aliphatic rings. The summed E-state index contributed by atoms with van der Waals surface area (Å²) in [5, 5.41) is 3.21. The summed E-state index contributed by atoms with van der Waals surface area (Å²) in [6.45, 7) is 6.27. The number of aliphatic imine (C=N–C) groups is 1. The number of nitrogens with one attached hydrogen (secondary N) is 1. The summed E-state index contributed by atoms with van der Waals surface area (Å²) in [5.41, 5.74) is 1.07. The predicted molar refractivity (Wildman–Crippen MR) is 114 cm³/mol. The molecule has 0 saturated carbocycles. The molecule has 164 valence electrons. The van der Waals surface area contributed by atoms with E-state index in [4.69, 9.17) is 0 Å². The van der Waals surface area contributed by atoms with E-state index in [2.05, 4.69) is 10.3 Å². The minimum absolute atomic E-state index is 0.00288. The zero-order chi connectivity index (χ0) is 22.1. The van der Waals surface area contributed by atoms with Gasteiger partial charge in [0.2, 0.25) is 0 Å². The van der Waals surface area contributed by atoms with Crippen LogP contribution in [0.1, 0.15) is 36.6 Å². The van der Waals surface area contributed by atoms with Crippen molar-refractivity contribution in [2.45, 2.75) is 46.0 Å². The molecule has 0 amide bonds. The monoisotopic (exact) mass is 422 g/mol. The maximum atomic E-state index is 12.7. The van der Waals surface area contributed by atoms with Gasteiger partial charge in [0.05, 0.1) is 5.56 Å². The van der Waals surface area contributed by atoms with Crippen LogP contribution in [0.15, 0.2) is 52.3 Å². The Hall–Kier alpha value is -2.77. The van der Waals surface area contributed by atoms with Gasteiger partial charge in [-0.2, -0.15) is 13.2 Å². The highest BCUT2D eigenvalue weighted by molar-refractivity contribution is 5.79. The summed E-state index contributed by atoms with van der Waals surface area (Å²) in [5.74, 6) is 0.699. The van der Waals surface area contributed by atoms with E-state index >= 15 is 0 Å². The molecule has 5 nitrogen and oxygen atoms in total. The van der Waals surface area contributed by atoms with Crippen LogP contribution >= 0.6 is 0 Å². The molecule has 0 aliphatic carbocycles. The molecule has 0 saturated heterocycles. The number of hydrogen-bond donors (Lipinski definition) is 1. The first-order valence-electron chi connectivity index (χ1n) is 10.0. The van der Waals surface area contributed by atoms with Crippen molar-refractivity contribution in [2.24, 2.45) is 4.99 Å². The molecule has 1 aromatic carbocycles. The second-order valence-electron chi connectivity index (χ2n) is 7.15. The van der Waals surface area contributed by atoms with E-state index in [9.17, 15) is 18.0 Å². The molecule has 0 aliphatic heterocycles. The Morgan fingerprint density at radius 2 is 1.83 bits per heavy atom. The third-order valence-corrected chi connectivity index (χ3v) is 4.72. The molecule has 8 heteroatoms. The molecular formula is C22H29F3N4O. The summed E-state index contributed by atoms with van der Waals surface area (Å²) >= 11 is 0. The van der Waals surface area contributed by atoms with Crippen molar-refractivity contribution < 1.29 is 13.2 Å². The lowest BCUT2D eigenvalue weighted by Crippen LogP contribution is -2.38. The Morgan fingerprint density at radius 3 is 2.43 bits per heavy atom. The van der Waals surface area contributed by atoms with E-state index in [0.29, 0.717) is 32.1 Å². The van der Waals surface area contributed by atoms with Crippen molar-refractivity contribution in [3.8, 4) is 0 Å². The normalized spacial score (nSPS) is 12.1. The second-order valence-corrected chi connectivity index (χ2v) is 7.15. The summed E-state index contributed by atoms with van der Waals surface area (Å²) in [4.78, 5) is 18.4. The van der Waals surface area contributed by atoms with Gasteiger partial charge in [0.25, 0.3) is 5.56 Å². The van der Waals surface area contributed by atoms with Gasteiger partial charge in [-0.1, -0.05) is 18.2 Å². The van der Waals surface area contributed by atoms with Crippen molar-refractivity contribution in [1.82, 2.24) is 14.8 Å². The van der Waals surface area contributed by atoms with Gasteiger partial charge in [0, 0.05) is 45.0 Å². The van der Waals surface area contributed by atoms with Crippen LogP contribution in [0.2, 0.25) is 0 Å². The Kier molecular flexibility index (Phi) is 8.50. The number of guanidine groups is 1. The SMILES string of the molecule is CCNC(=NCCCCn1c(C)cccc1=O)N(C)Cc1ccc(C(F)(F)F)cc1. The molecule has 0 radical (unpaired) electrons. The number of alkyl halides is 3. The van der Waals surface area contributed by atoms with Gasteiger partial charge < -0.3 is 14.8 Å². The first kappa shape index (κ1) is 23.5. The van der Waals surface area contributed by atoms with E-state index in [1.165, 1.54) is 12.1 Å². The highest BCUT2D eigenvalue weighted by Gasteiger charge is 2.29. The standard InChI is InChI=1S/C22H29F3N4O/c1-4-26-21(27-14-5-6-15-29-17(2)8-7-9-20(29)30)28(3)16-18-10-12-19(13-11-18)22(23,24)25/h7-13H,4-6,14-16H2,1-3H3,(H,26,27). The van der Waals surface area contributed by atoms with Crippen molar-refractivity contribution >= 4 is 5.96 Å². The Morgan fingerprint density at radius 1 is 1.13 bits per heavy atom. The predicted octanol–water partition coefficient (Wildman–Crippen LogP) is 4.05. The summed E-state index contributed by atoms with van der Waals surface area (Å²) < 4.78 is 39.9. The van der Waals surface area contributed by atoms with Crippen LogP contribution in [0.5, 0.6) is 0 Å². The van der Waals surface area contributed by atoms with Gasteiger partial charge >= 0.3 is 6.18 Å². The highest BCUT2D eigenvalue weighted by Crippen LogP contribution is 2.29. The van der Waals surface area contributed by atoms with E-state index in [1.54, 1.807) is 16.7 Å². The number of benzene rings is 1. The Labute approximate surface area is 175 Å². The maximum absolute atomic E-state index is 12.7. The maximum Gasteiger partial charge on any atom is 0.416 e. The van der Waals surface area contributed by atoms with Crippen LogP contribution in [-0.2, 0) is 19.3 Å². The molecule has 30 heavy (non-hydrogen) atoms. The lowest BCUT2D eigenvalue weighted by Gasteiger charge is -2.22. The number of halogens is 3. The van der Waals surface area contributed by atoms with Crippen molar-refractivity contribution in [3.05, 3.63) is 69.6 Å². The summed E-state index contributed by atoms with van der Waals surface area (Å²) in [6, 6.07) is 10.4. The molecule has 2 aromatic rings. The lowest BCUT2D eigenvalue weighted by molar-refractivity contribution is -0.137. The highest BCUT2D eigenvalue weighted by atomic mass is 19.4. The molecule has 0 spiro atoms. The number of rotatable bonds is 8. The number of aryl methyl sites for hydroxylation is 1. The number of unbranched alkanes of at least 4 members (excludes halogenated alkanes) is 1. The molecule has 0 atom stereocenters. The zero-order valence-corrected chi connectivity index (χ0v) is 17.7. The average Bonchev–Trinajstić information content (AvgIpc) is 2.68. The van der Waals surface area contributed by atoms with Gasteiger partial charge in [0.15, 0.2) is 5.96 Å². The molecule has 1 N–H and O–H groups in total. The van der Waals surface area contributed by atoms with Crippen LogP contribution in [0, 0.1) is 6.92 Å². The molecule has 0 unspecified atom stereocenters. The minimum atomic E-state index is -4.33. The number of aromatic nitrogens is 1. The quantitative estimate of drug-likeness (QED) is 0.397. The average molecular weight is 422 g/mol. The number of nitrogens with zero attached hydrogens (tertiary/aromatic N) is 3. The molecule has 0 fully saturated rings. The van der Waals surface area contributed by atoms with Gasteiger partial charge in [-0.15, -0.1) is 0 Å². The summed E-state index contributed by atoms with van der Waals surface area (Å²) in [6.07, 6.45) is -2.68. The Bertz CT molecular complexity index is 888. The van der Waals surface area contributed by atoms with Crippen LogP contribution in [0.4, 0.5) is 13.2 Å². The fourth-order valence-electron chi connectivity index (χ4n) is 3.09. The van der Waals surface area contributed by atoms with Gasteiger partial charge in [0.1, 0.15) is 0 Å². The van der Waals surface area contributed by atoms with Gasteiger partial charge in [-0.3, -0.25) is 9.79 Å². The molecule has 0 bridgehead atoms. The third-order valence-electron chi connectivity index (χ3n) is 4.72. The molecule has 1 aromatic heterocycles. The fourth-order valence-corrected chi connectivity index (χ4v) is 3.09. The van der Waals surface area contributed by atoms with Crippen LogP contribution in [0.25, 0.3) is 0 Å². The molecule has 1 heterocycles. The van der Waals surface area contributed by atoms with Crippen LogP contribution in [0.3, 0.4) is 0 Å². The van der Waals surface area contributed by atoms with E-state index in [-0.39, 0.29) is 5.56 Å². The summed E-state index contributed by atoms with van der Waals surface area (Å²) in [7, 11) is 1.85. The van der Waals surface area contributed by atoms with E-state index in [1.807, 2.05) is 31.9 Å².